The standard InChI is InChI=1S/C11H22N4O/c16-11(15-6-4-12-5-7-15)14-9-10-2-1-3-13-8-10/h10,12-13H,1-9H2,(H,14,16)/t10-/m1/s1. The van der Waals surface area contributed by atoms with Crippen molar-refractivity contribution in [2.24, 2.45) is 5.92 Å². The van der Waals surface area contributed by atoms with Crippen molar-refractivity contribution < 1.29 is 4.79 Å². The molecule has 16 heavy (non-hydrogen) atoms. The van der Waals surface area contributed by atoms with E-state index in [4.69, 9.17) is 0 Å². The first-order chi connectivity index (χ1) is 7.86. The first-order valence-corrected chi connectivity index (χ1v) is 6.30. The molecule has 0 saturated carbocycles. The Labute approximate surface area is 96.9 Å². The highest BCUT2D eigenvalue weighted by molar-refractivity contribution is 5.74. The average molecular weight is 226 g/mol. The SMILES string of the molecule is O=C(NC[C@@H]1CCCNC1)N1CCNCC1. The van der Waals surface area contributed by atoms with Crippen LogP contribution in [0.2, 0.25) is 0 Å². The van der Waals surface area contributed by atoms with Gasteiger partial charge in [-0.1, -0.05) is 0 Å². The fraction of sp³-hybridized carbons (Fsp3) is 0.909. The quantitative estimate of drug-likeness (QED) is 0.600. The van der Waals surface area contributed by atoms with Crippen molar-refractivity contribution >= 4 is 6.03 Å². The molecular weight excluding hydrogens is 204 g/mol. The molecule has 0 aromatic rings. The molecule has 5 nitrogen and oxygen atoms in total. The monoisotopic (exact) mass is 226 g/mol. The van der Waals surface area contributed by atoms with E-state index in [0.717, 1.165) is 45.8 Å². The molecule has 92 valence electrons. The summed E-state index contributed by atoms with van der Waals surface area (Å²) in [7, 11) is 0. The van der Waals surface area contributed by atoms with Gasteiger partial charge in [-0.25, -0.2) is 4.79 Å². The predicted molar refractivity (Wildman–Crippen MR) is 63.4 cm³/mol. The van der Waals surface area contributed by atoms with Crippen molar-refractivity contribution in [1.82, 2.24) is 20.9 Å². The fourth-order valence-corrected chi connectivity index (χ4v) is 2.31. The Morgan fingerprint density at radius 1 is 1.25 bits per heavy atom. The summed E-state index contributed by atoms with van der Waals surface area (Å²) < 4.78 is 0. The predicted octanol–water partition coefficient (Wildman–Crippen LogP) is -0.399. The van der Waals surface area contributed by atoms with Crippen LogP contribution in [0.3, 0.4) is 0 Å². The molecule has 0 aliphatic carbocycles. The second-order valence-electron chi connectivity index (χ2n) is 4.64. The van der Waals surface area contributed by atoms with Gasteiger partial charge in [0.25, 0.3) is 0 Å². The summed E-state index contributed by atoms with van der Waals surface area (Å²) >= 11 is 0. The molecular formula is C11H22N4O. The zero-order chi connectivity index (χ0) is 11.2. The molecule has 1 atom stereocenters. The van der Waals surface area contributed by atoms with Crippen molar-refractivity contribution in [3.8, 4) is 0 Å². The molecule has 2 saturated heterocycles. The van der Waals surface area contributed by atoms with Crippen LogP contribution in [0.15, 0.2) is 0 Å². The maximum absolute atomic E-state index is 11.8. The first-order valence-electron chi connectivity index (χ1n) is 6.30. The highest BCUT2D eigenvalue weighted by Crippen LogP contribution is 2.08. The number of carbonyl (C=O) groups is 1. The second kappa shape index (κ2) is 6.06. The molecule has 0 spiro atoms. The number of nitrogens with zero attached hydrogens (tertiary/aromatic N) is 1. The van der Waals surface area contributed by atoms with Gasteiger partial charge in [0.2, 0.25) is 0 Å². The van der Waals surface area contributed by atoms with Crippen LogP contribution in [0.5, 0.6) is 0 Å². The largest absolute Gasteiger partial charge is 0.338 e. The minimum Gasteiger partial charge on any atom is -0.338 e. The van der Waals surface area contributed by atoms with Crippen LogP contribution in [-0.4, -0.2) is 56.7 Å². The lowest BCUT2D eigenvalue weighted by atomic mass is 10.00. The van der Waals surface area contributed by atoms with Crippen molar-refractivity contribution in [3.63, 3.8) is 0 Å². The average Bonchev–Trinajstić information content (AvgIpc) is 2.38. The number of amides is 2. The molecule has 0 unspecified atom stereocenters. The summed E-state index contributed by atoms with van der Waals surface area (Å²) in [5.41, 5.74) is 0. The topological polar surface area (TPSA) is 56.4 Å². The highest BCUT2D eigenvalue weighted by Gasteiger charge is 2.18. The summed E-state index contributed by atoms with van der Waals surface area (Å²) in [4.78, 5) is 13.7. The zero-order valence-electron chi connectivity index (χ0n) is 9.80. The van der Waals surface area contributed by atoms with E-state index in [9.17, 15) is 4.79 Å². The Hall–Kier alpha value is -0.810. The normalized spacial score (nSPS) is 26.5. The number of urea groups is 1. The molecule has 2 aliphatic heterocycles. The van der Waals surface area contributed by atoms with Gasteiger partial charge in [0.15, 0.2) is 0 Å². The van der Waals surface area contributed by atoms with Gasteiger partial charge in [0.05, 0.1) is 0 Å². The van der Waals surface area contributed by atoms with Gasteiger partial charge in [-0.05, 0) is 31.8 Å². The number of piperazine rings is 1. The minimum atomic E-state index is 0.104. The van der Waals surface area contributed by atoms with Crippen molar-refractivity contribution in [2.75, 3.05) is 45.8 Å². The third-order valence-corrected chi connectivity index (χ3v) is 3.35. The van der Waals surface area contributed by atoms with Crippen LogP contribution in [0.25, 0.3) is 0 Å². The van der Waals surface area contributed by atoms with E-state index in [1.807, 2.05) is 4.90 Å². The number of nitrogens with one attached hydrogen (secondary N) is 3. The van der Waals surface area contributed by atoms with Gasteiger partial charge in [0.1, 0.15) is 0 Å². The summed E-state index contributed by atoms with van der Waals surface area (Å²) in [6.45, 7) is 6.47. The Kier molecular flexibility index (Phi) is 4.42. The number of piperidine rings is 1. The molecule has 0 aromatic carbocycles. The Morgan fingerprint density at radius 2 is 2.06 bits per heavy atom. The highest BCUT2D eigenvalue weighted by atomic mass is 16.2. The van der Waals surface area contributed by atoms with E-state index in [2.05, 4.69) is 16.0 Å². The zero-order valence-corrected chi connectivity index (χ0v) is 9.80. The minimum absolute atomic E-state index is 0.104. The van der Waals surface area contributed by atoms with Gasteiger partial charge in [-0.2, -0.15) is 0 Å². The second-order valence-corrected chi connectivity index (χ2v) is 4.64. The number of hydrogen-bond acceptors (Lipinski definition) is 3. The molecule has 2 amide bonds. The molecule has 3 N–H and O–H groups in total. The lowest BCUT2D eigenvalue weighted by Crippen LogP contribution is -2.51. The lowest BCUT2D eigenvalue weighted by molar-refractivity contribution is 0.187. The summed E-state index contributed by atoms with van der Waals surface area (Å²) in [5, 5.41) is 9.65. The summed E-state index contributed by atoms with van der Waals surface area (Å²) in [5.74, 6) is 0.612. The molecule has 0 bridgehead atoms. The van der Waals surface area contributed by atoms with Crippen LogP contribution in [0.1, 0.15) is 12.8 Å². The smallest absolute Gasteiger partial charge is 0.317 e. The molecule has 0 aromatic heterocycles. The van der Waals surface area contributed by atoms with E-state index in [-0.39, 0.29) is 6.03 Å². The van der Waals surface area contributed by atoms with Crippen LogP contribution in [-0.2, 0) is 0 Å². The van der Waals surface area contributed by atoms with Gasteiger partial charge >= 0.3 is 6.03 Å². The lowest BCUT2D eigenvalue weighted by Gasteiger charge is -2.29. The van der Waals surface area contributed by atoms with E-state index in [0.29, 0.717) is 5.92 Å². The van der Waals surface area contributed by atoms with E-state index in [1.54, 1.807) is 0 Å². The van der Waals surface area contributed by atoms with Crippen molar-refractivity contribution in [2.45, 2.75) is 12.8 Å². The van der Waals surface area contributed by atoms with Crippen LogP contribution < -0.4 is 16.0 Å². The number of carbonyl (C=O) groups excluding carboxylic acids is 1. The maximum atomic E-state index is 11.8. The number of rotatable bonds is 2. The van der Waals surface area contributed by atoms with Crippen LogP contribution in [0.4, 0.5) is 4.79 Å². The van der Waals surface area contributed by atoms with Crippen molar-refractivity contribution in [1.29, 1.82) is 0 Å². The summed E-state index contributed by atoms with van der Waals surface area (Å²) in [6.07, 6.45) is 2.46. The van der Waals surface area contributed by atoms with Gasteiger partial charge in [-0.3, -0.25) is 0 Å². The van der Waals surface area contributed by atoms with Crippen LogP contribution in [0, 0.1) is 5.92 Å². The maximum Gasteiger partial charge on any atom is 0.317 e. The van der Waals surface area contributed by atoms with E-state index in [1.165, 1.54) is 12.8 Å². The number of hydrogen-bond donors (Lipinski definition) is 3. The fourth-order valence-electron chi connectivity index (χ4n) is 2.31. The third kappa shape index (κ3) is 3.35. The van der Waals surface area contributed by atoms with Crippen molar-refractivity contribution in [3.05, 3.63) is 0 Å². The van der Waals surface area contributed by atoms with E-state index < -0.39 is 0 Å². The summed E-state index contributed by atoms with van der Waals surface area (Å²) in [6, 6.07) is 0.104. The van der Waals surface area contributed by atoms with E-state index >= 15 is 0 Å². The Balaban J connectivity index is 1.65. The third-order valence-electron chi connectivity index (χ3n) is 3.35. The van der Waals surface area contributed by atoms with Gasteiger partial charge < -0.3 is 20.9 Å². The molecule has 2 aliphatic rings. The Bertz CT molecular complexity index is 222. The Morgan fingerprint density at radius 3 is 2.75 bits per heavy atom. The molecule has 0 radical (unpaired) electrons. The van der Waals surface area contributed by atoms with Gasteiger partial charge in [0, 0.05) is 32.7 Å². The van der Waals surface area contributed by atoms with Gasteiger partial charge in [-0.15, -0.1) is 0 Å². The molecule has 5 heteroatoms. The first kappa shape index (κ1) is 11.7. The molecule has 2 heterocycles. The molecule has 2 fully saturated rings. The molecule has 2 rings (SSSR count). The van der Waals surface area contributed by atoms with Crippen LogP contribution >= 0.6 is 0 Å².